The summed E-state index contributed by atoms with van der Waals surface area (Å²) in [6, 6.07) is 0. The van der Waals surface area contributed by atoms with E-state index in [-0.39, 0.29) is 0 Å². The van der Waals surface area contributed by atoms with Crippen molar-refractivity contribution in [3.8, 4) is 5.40 Å². The normalized spacial score (nSPS) is 10.0. The van der Waals surface area contributed by atoms with Gasteiger partial charge in [0.25, 0.3) is 0 Å². The van der Waals surface area contributed by atoms with Gasteiger partial charge in [-0.3, -0.25) is 4.55 Å². The van der Waals surface area contributed by atoms with E-state index in [9.17, 15) is 8.42 Å². The van der Waals surface area contributed by atoms with Crippen molar-refractivity contribution in [2.75, 3.05) is 0 Å². The fraction of sp³-hybridized carbons (Fsp3) is 0. The fourth-order valence-electron chi connectivity index (χ4n) is 0. The van der Waals surface area contributed by atoms with E-state index in [1.54, 1.807) is 0 Å². The van der Waals surface area contributed by atoms with Gasteiger partial charge >= 0.3 is 10.1 Å². The summed E-state index contributed by atoms with van der Waals surface area (Å²) in [4.78, 5) is 0. The van der Waals surface area contributed by atoms with Gasteiger partial charge in [0.1, 0.15) is 0 Å². The molecule has 0 radical (unpaired) electrons. The molecular weight excluding hydrogens is 106 g/mol. The van der Waals surface area contributed by atoms with Crippen molar-refractivity contribution in [3.63, 3.8) is 0 Å². The fourth-order valence-corrected chi connectivity index (χ4v) is 0. The average molecular weight is 107 g/mol. The third-order valence-corrected chi connectivity index (χ3v) is 0.346. The second-order valence-corrected chi connectivity index (χ2v) is 1.70. The van der Waals surface area contributed by atoms with Gasteiger partial charge in [-0.05, 0) is 0 Å². The molecule has 0 aromatic carbocycles. The van der Waals surface area contributed by atoms with Crippen molar-refractivity contribution >= 4 is 10.1 Å². The van der Waals surface area contributed by atoms with Crippen molar-refractivity contribution in [2.45, 2.75) is 0 Å². The highest BCUT2D eigenvalue weighted by Gasteiger charge is 1.93. The van der Waals surface area contributed by atoms with Gasteiger partial charge in [-0.2, -0.15) is 13.7 Å². The molecule has 0 atom stereocenters. The Morgan fingerprint density at radius 3 is 1.83 bits per heavy atom. The molecule has 34 valence electrons. The van der Waals surface area contributed by atoms with Crippen molar-refractivity contribution in [2.24, 2.45) is 0 Å². The Balaban J connectivity index is 4.41. The molecule has 0 unspecified atom stereocenters. The SMILES string of the molecule is N#CS(=O)(=O)O. The predicted molar refractivity (Wildman–Crippen MR) is 17.2 cm³/mol. The Kier molecular flexibility index (Phi) is 1.12. The molecule has 0 aromatic rings. The van der Waals surface area contributed by atoms with Gasteiger partial charge < -0.3 is 0 Å². The van der Waals surface area contributed by atoms with Crippen LogP contribution in [0.3, 0.4) is 0 Å². The molecule has 0 aliphatic heterocycles. The number of hydrogen-bond donors (Lipinski definition) is 1. The lowest BCUT2D eigenvalue weighted by Crippen LogP contribution is -1.87. The highest BCUT2D eigenvalue weighted by Crippen LogP contribution is 1.68. The van der Waals surface area contributed by atoms with Gasteiger partial charge in [-0.15, -0.1) is 0 Å². The van der Waals surface area contributed by atoms with Gasteiger partial charge in [-0.25, -0.2) is 0 Å². The zero-order chi connectivity index (χ0) is 5.21. The Morgan fingerprint density at radius 1 is 1.67 bits per heavy atom. The van der Waals surface area contributed by atoms with E-state index >= 15 is 0 Å². The van der Waals surface area contributed by atoms with Crippen LogP contribution in [-0.4, -0.2) is 13.0 Å². The minimum Gasteiger partial charge on any atom is -0.274 e. The van der Waals surface area contributed by atoms with E-state index in [1.165, 1.54) is 0 Å². The molecule has 0 fully saturated rings. The van der Waals surface area contributed by atoms with E-state index in [2.05, 4.69) is 0 Å². The minimum atomic E-state index is -4.36. The Hall–Kier alpha value is -0.600. The second kappa shape index (κ2) is 1.24. The lowest BCUT2D eigenvalue weighted by Gasteiger charge is -1.65. The maximum Gasteiger partial charge on any atom is 0.360 e. The average Bonchev–Trinajstić information content (AvgIpc) is 1.35. The summed E-state index contributed by atoms with van der Waals surface area (Å²) in [5, 5.41) is 7.95. The van der Waals surface area contributed by atoms with Crippen LogP contribution in [0.1, 0.15) is 0 Å². The zero-order valence-electron chi connectivity index (χ0n) is 2.62. The van der Waals surface area contributed by atoms with Crippen LogP contribution in [0.15, 0.2) is 0 Å². The smallest absolute Gasteiger partial charge is 0.274 e. The first kappa shape index (κ1) is 5.40. The molecule has 0 aliphatic carbocycles. The summed E-state index contributed by atoms with van der Waals surface area (Å²) in [5.74, 6) is 0. The maximum atomic E-state index is 9.19. The molecular formula is CHNO3S. The molecule has 0 heterocycles. The van der Waals surface area contributed by atoms with Crippen LogP contribution in [-0.2, 0) is 10.1 Å². The summed E-state index contributed by atoms with van der Waals surface area (Å²) in [6.07, 6.45) is 0. The highest BCUT2D eigenvalue weighted by molar-refractivity contribution is 7.90. The molecule has 1 N–H and O–H groups in total. The van der Waals surface area contributed by atoms with Crippen molar-refractivity contribution in [3.05, 3.63) is 0 Å². The van der Waals surface area contributed by atoms with E-state index in [4.69, 9.17) is 9.81 Å². The summed E-state index contributed by atoms with van der Waals surface area (Å²) in [6.45, 7) is 0. The van der Waals surface area contributed by atoms with Gasteiger partial charge in [-0.1, -0.05) is 0 Å². The van der Waals surface area contributed by atoms with Gasteiger partial charge in [0.15, 0.2) is 0 Å². The molecule has 0 spiro atoms. The number of rotatable bonds is 0. The predicted octanol–water partition coefficient (Wildman–Crippen LogP) is -0.645. The van der Waals surface area contributed by atoms with Crippen LogP contribution in [0.4, 0.5) is 0 Å². The van der Waals surface area contributed by atoms with E-state index in [1.807, 2.05) is 0 Å². The number of nitrogens with zero attached hydrogens (tertiary/aromatic N) is 1. The van der Waals surface area contributed by atoms with Crippen LogP contribution >= 0.6 is 0 Å². The minimum absolute atomic E-state index is 0.632. The summed E-state index contributed by atoms with van der Waals surface area (Å²) < 4.78 is 25.8. The first-order valence-corrected chi connectivity index (χ1v) is 2.38. The van der Waals surface area contributed by atoms with Gasteiger partial charge in [0.2, 0.25) is 5.40 Å². The molecule has 5 heteroatoms. The van der Waals surface area contributed by atoms with Crippen LogP contribution in [0, 0.1) is 10.7 Å². The molecule has 4 nitrogen and oxygen atoms in total. The summed E-state index contributed by atoms with van der Waals surface area (Å²) >= 11 is 0. The van der Waals surface area contributed by atoms with Crippen LogP contribution in [0.25, 0.3) is 0 Å². The van der Waals surface area contributed by atoms with Gasteiger partial charge in [0.05, 0.1) is 0 Å². The van der Waals surface area contributed by atoms with Crippen LogP contribution in [0.2, 0.25) is 0 Å². The Bertz CT molecular complexity index is 160. The summed E-state index contributed by atoms with van der Waals surface area (Å²) in [5.41, 5.74) is 0. The molecule has 0 aromatic heterocycles. The lowest BCUT2D eigenvalue weighted by molar-refractivity contribution is 0.496. The third kappa shape index (κ3) is 3.40. The lowest BCUT2D eigenvalue weighted by atomic mass is 11.8. The molecule has 0 aliphatic rings. The molecule has 0 rings (SSSR count). The van der Waals surface area contributed by atoms with E-state index in [0.717, 1.165) is 0 Å². The number of hydrogen-bond acceptors (Lipinski definition) is 3. The van der Waals surface area contributed by atoms with Crippen molar-refractivity contribution in [1.29, 1.82) is 5.26 Å². The van der Waals surface area contributed by atoms with Gasteiger partial charge in [0, 0.05) is 0 Å². The molecule has 0 saturated heterocycles. The maximum absolute atomic E-state index is 9.19. The van der Waals surface area contributed by atoms with Crippen molar-refractivity contribution < 1.29 is 13.0 Å². The molecule has 6 heavy (non-hydrogen) atoms. The van der Waals surface area contributed by atoms with E-state index in [0.29, 0.717) is 5.40 Å². The third-order valence-electron chi connectivity index (χ3n) is 0.115. The van der Waals surface area contributed by atoms with Crippen molar-refractivity contribution in [1.82, 2.24) is 0 Å². The van der Waals surface area contributed by atoms with Crippen LogP contribution < -0.4 is 0 Å². The zero-order valence-corrected chi connectivity index (χ0v) is 3.44. The standard InChI is InChI=1S/CHNO3S/c2-1-6(3,4)5/h(H,3,4,5). The number of thiocyanates is 1. The molecule has 0 amide bonds. The second-order valence-electron chi connectivity index (χ2n) is 0.566. The first-order valence-electron chi connectivity index (χ1n) is 0.944. The molecule has 0 saturated carbocycles. The van der Waals surface area contributed by atoms with Crippen LogP contribution in [0.5, 0.6) is 0 Å². The Morgan fingerprint density at radius 2 is 1.83 bits per heavy atom. The molecule has 0 bridgehead atoms. The quantitative estimate of drug-likeness (QED) is 0.253. The number of nitriles is 1. The van der Waals surface area contributed by atoms with E-state index < -0.39 is 10.1 Å². The summed E-state index contributed by atoms with van der Waals surface area (Å²) in [7, 11) is -4.36. The largest absolute Gasteiger partial charge is 0.360 e. The first-order chi connectivity index (χ1) is 2.56. The Labute approximate surface area is 34.8 Å². The highest BCUT2D eigenvalue weighted by atomic mass is 32.2. The monoisotopic (exact) mass is 107 g/mol. The topological polar surface area (TPSA) is 78.2 Å².